The highest BCUT2D eigenvalue weighted by Crippen LogP contribution is 2.23. The lowest BCUT2D eigenvalue weighted by Gasteiger charge is -2.13. The minimum absolute atomic E-state index is 0.146. The SMILES string of the molecule is Nc1ccc(OCCCCCCCCCCN2C(=O)c3ccccc3C2=O)cc1. The first kappa shape index (κ1) is 20.9. The molecule has 29 heavy (non-hydrogen) atoms. The van der Waals surface area contributed by atoms with Gasteiger partial charge in [-0.2, -0.15) is 0 Å². The van der Waals surface area contributed by atoms with Crippen molar-refractivity contribution in [1.29, 1.82) is 0 Å². The zero-order valence-electron chi connectivity index (χ0n) is 16.9. The van der Waals surface area contributed by atoms with Crippen molar-refractivity contribution >= 4 is 17.5 Å². The number of amides is 2. The molecule has 0 fully saturated rings. The molecule has 5 nitrogen and oxygen atoms in total. The van der Waals surface area contributed by atoms with Crippen molar-refractivity contribution in [3.05, 3.63) is 59.7 Å². The number of rotatable bonds is 12. The molecule has 1 aliphatic heterocycles. The first-order valence-electron chi connectivity index (χ1n) is 10.6. The van der Waals surface area contributed by atoms with E-state index in [2.05, 4.69) is 0 Å². The first-order valence-corrected chi connectivity index (χ1v) is 10.6. The molecule has 5 heteroatoms. The maximum atomic E-state index is 12.3. The molecule has 0 radical (unpaired) electrons. The van der Waals surface area contributed by atoms with E-state index in [4.69, 9.17) is 10.5 Å². The molecule has 2 aromatic carbocycles. The van der Waals surface area contributed by atoms with Gasteiger partial charge in [0, 0.05) is 12.2 Å². The quantitative estimate of drug-likeness (QED) is 0.310. The summed E-state index contributed by atoms with van der Waals surface area (Å²) in [5, 5.41) is 0. The van der Waals surface area contributed by atoms with E-state index in [1.807, 2.05) is 24.3 Å². The zero-order chi connectivity index (χ0) is 20.5. The summed E-state index contributed by atoms with van der Waals surface area (Å²) in [6.07, 6.45) is 8.92. The molecular weight excluding hydrogens is 364 g/mol. The van der Waals surface area contributed by atoms with Gasteiger partial charge >= 0.3 is 0 Å². The average Bonchev–Trinajstić information content (AvgIpc) is 2.98. The molecule has 1 heterocycles. The summed E-state index contributed by atoms with van der Waals surface area (Å²) in [6, 6.07) is 14.6. The number of fused-ring (bicyclic) bond motifs is 1. The summed E-state index contributed by atoms with van der Waals surface area (Å²) in [6.45, 7) is 1.26. The molecule has 0 bridgehead atoms. The number of benzene rings is 2. The summed E-state index contributed by atoms with van der Waals surface area (Å²) < 4.78 is 5.69. The second-order valence-electron chi connectivity index (χ2n) is 7.55. The Hall–Kier alpha value is -2.82. The van der Waals surface area contributed by atoms with Gasteiger partial charge in [-0.15, -0.1) is 0 Å². The third kappa shape index (κ3) is 5.83. The fourth-order valence-corrected chi connectivity index (χ4v) is 3.63. The number of imide groups is 1. The van der Waals surface area contributed by atoms with E-state index >= 15 is 0 Å². The molecule has 0 atom stereocenters. The molecule has 154 valence electrons. The number of carbonyl (C=O) groups excluding carboxylic acids is 2. The number of nitrogens with two attached hydrogens (primary N) is 1. The maximum absolute atomic E-state index is 12.3. The number of ether oxygens (including phenoxy) is 1. The third-order valence-electron chi connectivity index (χ3n) is 5.30. The van der Waals surface area contributed by atoms with Gasteiger partial charge in [-0.1, -0.05) is 50.7 Å². The van der Waals surface area contributed by atoms with Crippen molar-refractivity contribution in [3.8, 4) is 5.75 Å². The average molecular weight is 395 g/mol. The van der Waals surface area contributed by atoms with Crippen LogP contribution in [0.1, 0.15) is 72.1 Å². The van der Waals surface area contributed by atoms with Crippen LogP contribution in [0.15, 0.2) is 48.5 Å². The summed E-state index contributed by atoms with van der Waals surface area (Å²) in [7, 11) is 0. The molecule has 0 unspecified atom stereocenters. The van der Waals surface area contributed by atoms with Gasteiger partial charge in [-0.25, -0.2) is 0 Å². The van der Waals surface area contributed by atoms with E-state index < -0.39 is 0 Å². The largest absolute Gasteiger partial charge is 0.494 e. The van der Waals surface area contributed by atoms with Crippen LogP contribution in [0.3, 0.4) is 0 Å². The second kappa shape index (κ2) is 10.6. The van der Waals surface area contributed by atoms with Crippen LogP contribution in [0.4, 0.5) is 5.69 Å². The van der Waals surface area contributed by atoms with Gasteiger partial charge in [0.1, 0.15) is 5.75 Å². The van der Waals surface area contributed by atoms with Crippen molar-refractivity contribution in [2.45, 2.75) is 51.4 Å². The number of carbonyl (C=O) groups is 2. The monoisotopic (exact) mass is 394 g/mol. The number of hydrogen-bond donors (Lipinski definition) is 1. The van der Waals surface area contributed by atoms with Crippen molar-refractivity contribution < 1.29 is 14.3 Å². The Labute approximate surface area is 172 Å². The zero-order valence-corrected chi connectivity index (χ0v) is 16.9. The van der Waals surface area contributed by atoms with Gasteiger partial charge in [0.05, 0.1) is 17.7 Å². The Morgan fingerprint density at radius 1 is 0.690 bits per heavy atom. The van der Waals surface area contributed by atoms with Crippen molar-refractivity contribution in [1.82, 2.24) is 4.90 Å². The number of anilines is 1. The fraction of sp³-hybridized carbons (Fsp3) is 0.417. The molecule has 2 amide bonds. The topological polar surface area (TPSA) is 72.6 Å². The predicted octanol–water partition coefficient (Wildman–Crippen LogP) is 5.06. The number of unbranched alkanes of at least 4 members (excludes halogenated alkanes) is 7. The van der Waals surface area contributed by atoms with Crippen LogP contribution in [0.25, 0.3) is 0 Å². The summed E-state index contributed by atoms with van der Waals surface area (Å²) in [5.74, 6) is 0.579. The second-order valence-corrected chi connectivity index (χ2v) is 7.55. The van der Waals surface area contributed by atoms with E-state index in [-0.39, 0.29) is 11.8 Å². The third-order valence-corrected chi connectivity index (χ3v) is 5.30. The Balaban J connectivity index is 1.18. The van der Waals surface area contributed by atoms with E-state index in [1.165, 1.54) is 30.6 Å². The highest BCUT2D eigenvalue weighted by molar-refractivity contribution is 6.21. The van der Waals surface area contributed by atoms with Gasteiger partial charge in [0.2, 0.25) is 0 Å². The molecule has 3 rings (SSSR count). The molecule has 1 aliphatic rings. The lowest BCUT2D eigenvalue weighted by molar-refractivity contribution is 0.0651. The van der Waals surface area contributed by atoms with Crippen LogP contribution in [-0.2, 0) is 0 Å². The van der Waals surface area contributed by atoms with Crippen LogP contribution in [0.2, 0.25) is 0 Å². The molecule has 0 saturated carbocycles. The lowest BCUT2D eigenvalue weighted by atomic mass is 10.1. The highest BCUT2D eigenvalue weighted by atomic mass is 16.5. The van der Waals surface area contributed by atoms with Gasteiger partial charge in [0.15, 0.2) is 0 Å². The van der Waals surface area contributed by atoms with Gasteiger partial charge in [-0.05, 0) is 49.2 Å². The van der Waals surface area contributed by atoms with E-state index in [0.29, 0.717) is 17.7 Å². The molecule has 0 aromatic heterocycles. The minimum atomic E-state index is -0.146. The summed E-state index contributed by atoms with van der Waals surface area (Å²) >= 11 is 0. The van der Waals surface area contributed by atoms with Crippen LogP contribution >= 0.6 is 0 Å². The van der Waals surface area contributed by atoms with Gasteiger partial charge in [0.25, 0.3) is 11.8 Å². The van der Waals surface area contributed by atoms with Gasteiger partial charge < -0.3 is 10.5 Å². The molecule has 0 saturated heterocycles. The minimum Gasteiger partial charge on any atom is -0.494 e. The van der Waals surface area contributed by atoms with E-state index in [1.54, 1.807) is 24.3 Å². The molecular formula is C24H30N2O3. The summed E-state index contributed by atoms with van der Waals surface area (Å²) in [4.78, 5) is 26.0. The normalized spacial score (nSPS) is 13.0. The van der Waals surface area contributed by atoms with Crippen LogP contribution in [-0.4, -0.2) is 29.9 Å². The maximum Gasteiger partial charge on any atom is 0.261 e. The van der Waals surface area contributed by atoms with Crippen LogP contribution in [0, 0.1) is 0 Å². The lowest BCUT2D eigenvalue weighted by Crippen LogP contribution is -2.30. The Bertz CT molecular complexity index is 782. The van der Waals surface area contributed by atoms with E-state index in [9.17, 15) is 9.59 Å². The molecule has 2 aromatic rings. The van der Waals surface area contributed by atoms with Crippen molar-refractivity contribution in [2.24, 2.45) is 0 Å². The van der Waals surface area contributed by atoms with Crippen LogP contribution in [0.5, 0.6) is 5.75 Å². The first-order chi connectivity index (χ1) is 14.2. The number of nitrogens with zero attached hydrogens (tertiary/aromatic N) is 1. The standard InChI is InChI=1S/C24H30N2O3/c25-19-13-15-20(16-14-19)29-18-10-6-4-2-1-3-5-9-17-26-23(27)21-11-7-8-12-22(21)24(26)28/h7-8,11-16H,1-6,9-10,17-18,25H2. The van der Waals surface area contributed by atoms with Crippen molar-refractivity contribution in [3.63, 3.8) is 0 Å². The number of nitrogen functional groups attached to an aromatic ring is 1. The Morgan fingerprint density at radius 2 is 1.21 bits per heavy atom. The Morgan fingerprint density at radius 3 is 1.79 bits per heavy atom. The molecule has 0 aliphatic carbocycles. The van der Waals surface area contributed by atoms with Gasteiger partial charge in [-0.3, -0.25) is 14.5 Å². The number of hydrogen-bond acceptors (Lipinski definition) is 4. The van der Waals surface area contributed by atoms with E-state index in [0.717, 1.165) is 43.7 Å². The van der Waals surface area contributed by atoms with Crippen LogP contribution < -0.4 is 10.5 Å². The highest BCUT2D eigenvalue weighted by Gasteiger charge is 2.34. The fourth-order valence-electron chi connectivity index (χ4n) is 3.63. The van der Waals surface area contributed by atoms with Crippen molar-refractivity contribution in [2.75, 3.05) is 18.9 Å². The summed E-state index contributed by atoms with van der Waals surface area (Å²) in [5.41, 5.74) is 7.48. The predicted molar refractivity (Wildman–Crippen MR) is 115 cm³/mol. The molecule has 2 N–H and O–H groups in total. The smallest absolute Gasteiger partial charge is 0.261 e. The molecule has 0 spiro atoms. The Kier molecular flexibility index (Phi) is 7.68.